The zero-order valence-corrected chi connectivity index (χ0v) is 10.9. The molecule has 0 aliphatic carbocycles. The van der Waals surface area contributed by atoms with Crippen molar-refractivity contribution in [2.24, 2.45) is 5.41 Å². The van der Waals surface area contributed by atoms with E-state index in [1.54, 1.807) is 45.0 Å². The molecule has 18 heavy (non-hydrogen) atoms. The van der Waals surface area contributed by atoms with E-state index in [2.05, 4.69) is 0 Å². The molecule has 0 saturated heterocycles. The van der Waals surface area contributed by atoms with Crippen molar-refractivity contribution in [3.8, 4) is 5.75 Å². The van der Waals surface area contributed by atoms with Crippen LogP contribution in [0.15, 0.2) is 29.8 Å². The Hall–Kier alpha value is -1.45. The number of alkyl halides is 3. The van der Waals surface area contributed by atoms with Crippen molar-refractivity contribution >= 4 is 6.08 Å². The molecule has 4 heteroatoms. The Morgan fingerprint density at radius 1 is 1.06 bits per heavy atom. The first-order valence-electron chi connectivity index (χ1n) is 5.58. The van der Waals surface area contributed by atoms with Crippen molar-refractivity contribution in [2.75, 3.05) is 7.11 Å². The van der Waals surface area contributed by atoms with E-state index in [9.17, 15) is 13.2 Å². The van der Waals surface area contributed by atoms with Crippen LogP contribution < -0.4 is 4.74 Å². The third-order valence-corrected chi connectivity index (χ3v) is 2.54. The number of hydrogen-bond donors (Lipinski definition) is 0. The van der Waals surface area contributed by atoms with Gasteiger partial charge >= 0.3 is 6.18 Å². The first-order valence-corrected chi connectivity index (χ1v) is 5.58. The van der Waals surface area contributed by atoms with Crippen LogP contribution in [0.5, 0.6) is 5.75 Å². The molecule has 0 aliphatic rings. The molecule has 0 aliphatic heterocycles. The molecular weight excluding hydrogens is 241 g/mol. The molecule has 0 spiro atoms. The van der Waals surface area contributed by atoms with Gasteiger partial charge in [-0.3, -0.25) is 0 Å². The fourth-order valence-electron chi connectivity index (χ4n) is 1.59. The number of rotatable bonds is 2. The van der Waals surface area contributed by atoms with E-state index >= 15 is 0 Å². The van der Waals surface area contributed by atoms with E-state index in [-0.39, 0.29) is 0 Å². The van der Waals surface area contributed by atoms with Gasteiger partial charge in [0.15, 0.2) is 0 Å². The van der Waals surface area contributed by atoms with Crippen LogP contribution in [0.1, 0.15) is 26.3 Å². The molecule has 0 unspecified atom stereocenters. The van der Waals surface area contributed by atoms with Crippen LogP contribution in [0.25, 0.3) is 6.08 Å². The summed E-state index contributed by atoms with van der Waals surface area (Å²) < 4.78 is 43.8. The minimum absolute atomic E-state index is 0.512. The zero-order chi connectivity index (χ0) is 14.0. The van der Waals surface area contributed by atoms with Crippen molar-refractivity contribution in [1.82, 2.24) is 0 Å². The van der Waals surface area contributed by atoms with E-state index < -0.39 is 17.2 Å². The van der Waals surface area contributed by atoms with Gasteiger partial charge in [0.05, 0.1) is 7.11 Å². The summed E-state index contributed by atoms with van der Waals surface area (Å²) in [6, 6.07) is 6.50. The number of allylic oxidation sites excluding steroid dienone is 1. The largest absolute Gasteiger partial charge is 0.497 e. The Morgan fingerprint density at radius 2 is 1.56 bits per heavy atom. The monoisotopic (exact) mass is 258 g/mol. The first kappa shape index (κ1) is 14.6. The molecule has 0 atom stereocenters. The molecular formula is C14H17F3O. The maximum Gasteiger partial charge on any atom is 0.413 e. The van der Waals surface area contributed by atoms with Gasteiger partial charge < -0.3 is 4.74 Å². The minimum atomic E-state index is -4.32. The molecule has 0 saturated carbocycles. The van der Waals surface area contributed by atoms with Crippen LogP contribution in [0.2, 0.25) is 0 Å². The lowest BCUT2D eigenvalue weighted by molar-refractivity contribution is -0.102. The smallest absolute Gasteiger partial charge is 0.413 e. The molecule has 1 aromatic rings. The SMILES string of the molecule is COc1ccc(/C=C(\C(C)(C)C)C(F)(F)F)cc1. The fourth-order valence-corrected chi connectivity index (χ4v) is 1.59. The van der Waals surface area contributed by atoms with E-state index in [0.717, 1.165) is 0 Å². The normalized spacial score (nSPS) is 13.6. The summed E-state index contributed by atoms with van der Waals surface area (Å²) in [5, 5.41) is 0. The quantitative estimate of drug-likeness (QED) is 0.748. The van der Waals surface area contributed by atoms with Gasteiger partial charge in [0, 0.05) is 5.57 Å². The van der Waals surface area contributed by atoms with E-state index in [1.165, 1.54) is 13.2 Å². The number of hydrogen-bond acceptors (Lipinski definition) is 1. The Labute approximate surface area is 105 Å². The van der Waals surface area contributed by atoms with Gasteiger partial charge in [0.1, 0.15) is 5.75 Å². The number of benzene rings is 1. The molecule has 100 valence electrons. The summed E-state index contributed by atoms with van der Waals surface area (Å²) in [4.78, 5) is 0. The third kappa shape index (κ3) is 3.79. The summed E-state index contributed by atoms with van der Waals surface area (Å²) >= 11 is 0. The lowest BCUT2D eigenvalue weighted by Crippen LogP contribution is -2.24. The predicted octanol–water partition coefficient (Wildman–Crippen LogP) is 4.69. The van der Waals surface area contributed by atoms with Crippen LogP contribution >= 0.6 is 0 Å². The highest BCUT2D eigenvalue weighted by molar-refractivity contribution is 5.56. The molecule has 0 fully saturated rings. The number of methoxy groups -OCH3 is 1. The van der Waals surface area contributed by atoms with Gasteiger partial charge in [-0.1, -0.05) is 32.9 Å². The van der Waals surface area contributed by atoms with Crippen LogP contribution in [0, 0.1) is 5.41 Å². The standard InChI is InChI=1S/C14H17F3O/c1-13(2,3)12(14(15,16)17)9-10-5-7-11(18-4)8-6-10/h5-9H,1-4H3/b12-9+. The molecule has 1 nitrogen and oxygen atoms in total. The van der Waals surface area contributed by atoms with Crippen molar-refractivity contribution in [2.45, 2.75) is 26.9 Å². The highest BCUT2D eigenvalue weighted by Gasteiger charge is 2.40. The predicted molar refractivity (Wildman–Crippen MR) is 66.5 cm³/mol. The number of halogens is 3. The molecule has 0 N–H and O–H groups in total. The number of ether oxygens (including phenoxy) is 1. The van der Waals surface area contributed by atoms with Gasteiger partial charge in [0.25, 0.3) is 0 Å². The van der Waals surface area contributed by atoms with Gasteiger partial charge in [-0.25, -0.2) is 0 Å². The Bertz CT molecular complexity index is 406. The molecule has 0 aromatic heterocycles. The van der Waals surface area contributed by atoms with Crippen LogP contribution in [-0.2, 0) is 0 Å². The molecule has 1 rings (SSSR count). The Morgan fingerprint density at radius 3 is 1.89 bits per heavy atom. The second kappa shape index (κ2) is 5.04. The zero-order valence-electron chi connectivity index (χ0n) is 10.9. The third-order valence-electron chi connectivity index (χ3n) is 2.54. The van der Waals surface area contributed by atoms with E-state index in [0.29, 0.717) is 11.3 Å². The van der Waals surface area contributed by atoms with Crippen molar-refractivity contribution in [1.29, 1.82) is 0 Å². The van der Waals surface area contributed by atoms with Crippen molar-refractivity contribution in [3.05, 3.63) is 35.4 Å². The van der Waals surface area contributed by atoms with Gasteiger partial charge in [-0.05, 0) is 29.2 Å². The van der Waals surface area contributed by atoms with Gasteiger partial charge in [-0.15, -0.1) is 0 Å². The summed E-state index contributed by atoms with van der Waals surface area (Å²) in [6.07, 6.45) is -3.14. The van der Waals surface area contributed by atoms with Crippen LogP contribution in [0.4, 0.5) is 13.2 Å². The highest BCUT2D eigenvalue weighted by atomic mass is 19.4. The highest BCUT2D eigenvalue weighted by Crippen LogP contribution is 2.40. The van der Waals surface area contributed by atoms with Crippen molar-refractivity contribution < 1.29 is 17.9 Å². The van der Waals surface area contributed by atoms with E-state index in [4.69, 9.17) is 4.74 Å². The average Bonchev–Trinajstić information content (AvgIpc) is 2.23. The second-order valence-corrected chi connectivity index (χ2v) is 5.08. The first-order chi connectivity index (χ1) is 8.14. The van der Waals surface area contributed by atoms with Crippen molar-refractivity contribution in [3.63, 3.8) is 0 Å². The van der Waals surface area contributed by atoms with Gasteiger partial charge in [-0.2, -0.15) is 13.2 Å². The Kier molecular flexibility index (Phi) is 4.09. The topological polar surface area (TPSA) is 9.23 Å². The Balaban J connectivity index is 3.16. The van der Waals surface area contributed by atoms with Crippen LogP contribution in [0.3, 0.4) is 0 Å². The summed E-state index contributed by atoms with van der Waals surface area (Å²) in [5.74, 6) is 0.622. The fraction of sp³-hybridized carbons (Fsp3) is 0.429. The second-order valence-electron chi connectivity index (χ2n) is 5.08. The molecule has 1 aromatic carbocycles. The molecule has 0 radical (unpaired) electrons. The lowest BCUT2D eigenvalue weighted by atomic mass is 9.85. The maximum atomic E-state index is 13.0. The summed E-state index contributed by atoms with van der Waals surface area (Å²) in [5.41, 5.74) is -0.976. The van der Waals surface area contributed by atoms with Gasteiger partial charge in [0.2, 0.25) is 0 Å². The molecule has 0 bridgehead atoms. The average molecular weight is 258 g/mol. The maximum absolute atomic E-state index is 13.0. The minimum Gasteiger partial charge on any atom is -0.497 e. The van der Waals surface area contributed by atoms with E-state index in [1.807, 2.05) is 0 Å². The lowest BCUT2D eigenvalue weighted by Gasteiger charge is -2.25. The molecule has 0 amide bonds. The van der Waals surface area contributed by atoms with Crippen LogP contribution in [-0.4, -0.2) is 13.3 Å². The summed E-state index contributed by atoms with van der Waals surface area (Å²) in [7, 11) is 1.52. The molecule has 0 heterocycles. The summed E-state index contributed by atoms with van der Waals surface area (Å²) in [6.45, 7) is 4.65.